The van der Waals surface area contributed by atoms with Gasteiger partial charge in [0.15, 0.2) is 0 Å². The van der Waals surface area contributed by atoms with Crippen LogP contribution in [-0.2, 0) is 10.2 Å². The molecule has 0 bridgehead atoms. The first kappa shape index (κ1) is 26.8. The van der Waals surface area contributed by atoms with E-state index in [0.29, 0.717) is 35.6 Å². The lowest BCUT2D eigenvalue weighted by Crippen LogP contribution is -2.29. The van der Waals surface area contributed by atoms with Crippen LogP contribution < -0.4 is 25.2 Å². The molecule has 0 fully saturated rings. The first-order valence-corrected chi connectivity index (χ1v) is 12.3. The third-order valence-corrected chi connectivity index (χ3v) is 6.37. The number of carbonyl (C=O) groups is 1. The zero-order valence-electron chi connectivity index (χ0n) is 22.8. The summed E-state index contributed by atoms with van der Waals surface area (Å²) >= 11 is 0. The minimum atomic E-state index is -0.310. The van der Waals surface area contributed by atoms with Gasteiger partial charge in [0.05, 0.1) is 35.6 Å². The molecule has 0 saturated heterocycles. The summed E-state index contributed by atoms with van der Waals surface area (Å²) in [7, 11) is 7.60. The number of likely N-dealkylation sites (N-methyl/N-ethyl adjacent to an activating group) is 2. The Morgan fingerprint density at radius 1 is 1.18 bits per heavy atom. The first-order chi connectivity index (χ1) is 18.1. The Bertz CT molecular complexity index is 1330. The van der Waals surface area contributed by atoms with E-state index in [2.05, 4.69) is 55.8 Å². The zero-order valence-corrected chi connectivity index (χ0v) is 22.8. The maximum Gasteiger partial charge on any atom is 0.247 e. The summed E-state index contributed by atoms with van der Waals surface area (Å²) < 4.78 is 5.70. The summed E-state index contributed by atoms with van der Waals surface area (Å²) in [6, 6.07) is 7.62. The SMILES string of the molecule is C=CC(=O)Nc1cc(Nc2ncnc(N3CC(C)(C)c4ncccc43)n2)c(OC)cc1N(C)CCN(C)C. The van der Waals surface area contributed by atoms with E-state index in [1.807, 2.05) is 50.3 Å². The number of nitrogens with zero attached hydrogens (tertiary/aromatic N) is 7. The summed E-state index contributed by atoms with van der Waals surface area (Å²) in [6.07, 6.45) is 4.52. The van der Waals surface area contributed by atoms with E-state index in [1.54, 1.807) is 13.3 Å². The van der Waals surface area contributed by atoms with Gasteiger partial charge in [-0.1, -0.05) is 20.4 Å². The third kappa shape index (κ3) is 5.67. The van der Waals surface area contributed by atoms with E-state index in [9.17, 15) is 4.79 Å². The van der Waals surface area contributed by atoms with Gasteiger partial charge in [0.1, 0.15) is 12.1 Å². The summed E-state index contributed by atoms with van der Waals surface area (Å²) in [4.78, 5) is 36.5. The van der Waals surface area contributed by atoms with Gasteiger partial charge in [-0.15, -0.1) is 0 Å². The highest BCUT2D eigenvalue weighted by atomic mass is 16.5. The Morgan fingerprint density at radius 2 is 1.97 bits per heavy atom. The normalized spacial score (nSPS) is 13.7. The largest absolute Gasteiger partial charge is 0.494 e. The minimum Gasteiger partial charge on any atom is -0.494 e. The molecule has 1 aromatic carbocycles. The zero-order chi connectivity index (χ0) is 27.4. The molecule has 0 atom stereocenters. The highest BCUT2D eigenvalue weighted by Gasteiger charge is 2.38. The number of carbonyl (C=O) groups excluding carboxylic acids is 1. The molecule has 200 valence electrons. The number of methoxy groups -OCH3 is 1. The maximum atomic E-state index is 12.2. The summed E-state index contributed by atoms with van der Waals surface area (Å²) in [6.45, 7) is 10.2. The van der Waals surface area contributed by atoms with Gasteiger partial charge in [0, 0.05) is 44.4 Å². The molecule has 1 amide bonds. The van der Waals surface area contributed by atoms with Gasteiger partial charge in [-0.05, 0) is 38.4 Å². The molecule has 1 aliphatic heterocycles. The molecule has 11 nitrogen and oxygen atoms in total. The highest BCUT2D eigenvalue weighted by Crippen LogP contribution is 2.42. The van der Waals surface area contributed by atoms with Crippen LogP contribution in [0.3, 0.4) is 0 Å². The van der Waals surface area contributed by atoms with Gasteiger partial charge in [0.25, 0.3) is 0 Å². The molecule has 0 spiro atoms. The van der Waals surface area contributed by atoms with Crippen molar-refractivity contribution in [2.24, 2.45) is 0 Å². The van der Waals surface area contributed by atoms with Crippen LogP contribution in [-0.4, -0.2) is 78.6 Å². The fourth-order valence-corrected chi connectivity index (χ4v) is 4.37. The predicted octanol–water partition coefficient (Wildman–Crippen LogP) is 3.57. The van der Waals surface area contributed by atoms with Crippen molar-refractivity contribution >= 4 is 40.6 Å². The van der Waals surface area contributed by atoms with E-state index >= 15 is 0 Å². The van der Waals surface area contributed by atoms with Crippen molar-refractivity contribution in [2.75, 3.05) is 68.3 Å². The molecule has 1 aliphatic rings. The number of hydrogen-bond acceptors (Lipinski definition) is 10. The van der Waals surface area contributed by atoms with Crippen molar-refractivity contribution in [1.82, 2.24) is 24.8 Å². The molecule has 0 aliphatic carbocycles. The molecule has 4 rings (SSSR count). The fraction of sp³-hybridized carbons (Fsp3) is 0.370. The number of benzene rings is 1. The quantitative estimate of drug-likeness (QED) is 0.387. The summed E-state index contributed by atoms with van der Waals surface area (Å²) in [5.74, 6) is 1.13. The van der Waals surface area contributed by atoms with Gasteiger partial charge in [-0.25, -0.2) is 9.97 Å². The number of fused-ring (bicyclic) bond motifs is 1. The van der Waals surface area contributed by atoms with Gasteiger partial charge < -0.3 is 30.1 Å². The predicted molar refractivity (Wildman–Crippen MR) is 151 cm³/mol. The van der Waals surface area contributed by atoms with Crippen molar-refractivity contribution in [3.05, 3.63) is 55.1 Å². The van der Waals surface area contributed by atoms with Gasteiger partial charge in [-0.2, -0.15) is 4.98 Å². The van der Waals surface area contributed by atoms with Crippen LogP contribution in [0.1, 0.15) is 19.5 Å². The molecule has 0 radical (unpaired) electrons. The third-order valence-electron chi connectivity index (χ3n) is 6.37. The van der Waals surface area contributed by atoms with Crippen molar-refractivity contribution in [3.63, 3.8) is 0 Å². The number of rotatable bonds is 10. The second-order valence-electron chi connectivity index (χ2n) is 10.1. The van der Waals surface area contributed by atoms with Gasteiger partial charge in [-0.3, -0.25) is 9.78 Å². The monoisotopic (exact) mass is 517 g/mol. The summed E-state index contributed by atoms with van der Waals surface area (Å²) in [5, 5.41) is 6.15. The number of anilines is 6. The lowest BCUT2D eigenvalue weighted by atomic mass is 9.91. The highest BCUT2D eigenvalue weighted by molar-refractivity contribution is 6.02. The molecule has 38 heavy (non-hydrogen) atoms. The first-order valence-electron chi connectivity index (χ1n) is 12.3. The van der Waals surface area contributed by atoms with Crippen molar-refractivity contribution in [1.29, 1.82) is 0 Å². The topological polar surface area (TPSA) is 112 Å². The van der Waals surface area contributed by atoms with Gasteiger partial charge in [0.2, 0.25) is 17.8 Å². The lowest BCUT2D eigenvalue weighted by Gasteiger charge is -2.26. The average molecular weight is 518 g/mol. The Morgan fingerprint density at radius 3 is 2.68 bits per heavy atom. The Labute approximate surface area is 223 Å². The van der Waals surface area contributed by atoms with Crippen LogP contribution in [0.4, 0.5) is 34.6 Å². The number of hydrogen-bond donors (Lipinski definition) is 2. The van der Waals surface area contributed by atoms with Crippen LogP contribution in [0.5, 0.6) is 5.75 Å². The molecule has 3 heterocycles. The van der Waals surface area contributed by atoms with Crippen LogP contribution in [0.2, 0.25) is 0 Å². The summed E-state index contributed by atoms with van der Waals surface area (Å²) in [5.41, 5.74) is 3.85. The number of pyridine rings is 1. The fourth-order valence-electron chi connectivity index (χ4n) is 4.37. The second kappa shape index (κ2) is 11.0. The average Bonchev–Trinajstić information content (AvgIpc) is 3.18. The van der Waals surface area contributed by atoms with Crippen molar-refractivity contribution < 1.29 is 9.53 Å². The molecule has 0 saturated carbocycles. The standard InChI is InChI=1S/C27H35N9O2/c1-8-23(37)31-18-14-19(22(38-7)15-21(18)35(6)13-12-34(4)5)32-25-29-17-30-26(33-25)36-16-27(2,3)24-20(36)10-9-11-28-24/h8-11,14-15,17H,1,12-13,16H2,2-7H3,(H,31,37)(H,29,30,32,33). The van der Waals surface area contributed by atoms with E-state index in [1.165, 1.54) is 12.4 Å². The van der Waals surface area contributed by atoms with Crippen LogP contribution >= 0.6 is 0 Å². The molecule has 2 N–H and O–H groups in total. The van der Waals surface area contributed by atoms with E-state index in [-0.39, 0.29) is 11.3 Å². The van der Waals surface area contributed by atoms with Crippen molar-refractivity contribution in [2.45, 2.75) is 19.3 Å². The van der Waals surface area contributed by atoms with Crippen LogP contribution in [0.25, 0.3) is 0 Å². The molecule has 2 aromatic heterocycles. The number of nitrogens with one attached hydrogen (secondary N) is 2. The van der Waals surface area contributed by atoms with E-state index < -0.39 is 0 Å². The number of amides is 1. The molecule has 11 heteroatoms. The molecular weight excluding hydrogens is 482 g/mol. The second-order valence-corrected chi connectivity index (χ2v) is 10.1. The maximum absolute atomic E-state index is 12.2. The van der Waals surface area contributed by atoms with Crippen LogP contribution in [0.15, 0.2) is 49.4 Å². The van der Waals surface area contributed by atoms with Crippen molar-refractivity contribution in [3.8, 4) is 5.75 Å². The van der Waals surface area contributed by atoms with Crippen LogP contribution in [0, 0.1) is 0 Å². The lowest BCUT2D eigenvalue weighted by molar-refractivity contribution is -0.111. The minimum absolute atomic E-state index is 0.146. The van der Waals surface area contributed by atoms with Gasteiger partial charge >= 0.3 is 0 Å². The Hall–Kier alpha value is -4.25. The van der Waals surface area contributed by atoms with E-state index in [4.69, 9.17) is 9.72 Å². The smallest absolute Gasteiger partial charge is 0.247 e. The van der Waals surface area contributed by atoms with E-state index in [0.717, 1.165) is 30.2 Å². The Balaban J connectivity index is 1.67. The Kier molecular flexibility index (Phi) is 7.77. The number of ether oxygens (including phenoxy) is 1. The number of aromatic nitrogens is 4. The molecule has 0 unspecified atom stereocenters. The molecular formula is C27H35N9O2. The molecule has 3 aromatic rings.